The number of nitrogen functional groups attached to an aromatic ring is 1. The maximum absolute atomic E-state index is 12.9. The molecule has 0 amide bonds. The van der Waals surface area contributed by atoms with E-state index in [-0.39, 0.29) is 11.6 Å². The van der Waals surface area contributed by atoms with E-state index in [1.807, 2.05) is 0 Å². The Labute approximate surface area is 101 Å². The van der Waals surface area contributed by atoms with Crippen LogP contribution in [0.3, 0.4) is 0 Å². The van der Waals surface area contributed by atoms with Crippen LogP contribution in [0, 0.1) is 5.82 Å². The molecule has 3 N–H and O–H groups in total. The van der Waals surface area contributed by atoms with Gasteiger partial charge in [-0.3, -0.25) is 5.10 Å². The van der Waals surface area contributed by atoms with E-state index in [0.29, 0.717) is 11.3 Å². The number of nitrogens with two attached hydrogens (primary N) is 1. The van der Waals surface area contributed by atoms with Gasteiger partial charge in [0.05, 0.1) is 17.3 Å². The van der Waals surface area contributed by atoms with Crippen molar-refractivity contribution in [2.75, 3.05) is 5.73 Å². The predicted molar refractivity (Wildman–Crippen MR) is 63.9 cm³/mol. The van der Waals surface area contributed by atoms with E-state index >= 15 is 0 Å². The molecule has 3 rings (SSSR count). The maximum Gasteiger partial charge on any atom is 0.180 e. The smallest absolute Gasteiger partial charge is 0.180 e. The molecular weight excluding hydrogens is 235 g/mol. The summed E-state index contributed by atoms with van der Waals surface area (Å²) in [7, 11) is 0. The van der Waals surface area contributed by atoms with Gasteiger partial charge in [0.25, 0.3) is 0 Å². The molecule has 0 aliphatic rings. The minimum atomic E-state index is -0.307. The number of H-pyrrole nitrogens is 1. The first-order chi connectivity index (χ1) is 8.75. The molecule has 3 aromatic rings. The number of rotatable bonds is 2. The van der Waals surface area contributed by atoms with Crippen LogP contribution in [0.5, 0.6) is 0 Å². The van der Waals surface area contributed by atoms with Gasteiger partial charge in [-0.25, -0.2) is 4.39 Å². The van der Waals surface area contributed by atoms with Crippen molar-refractivity contribution in [2.45, 2.75) is 0 Å². The van der Waals surface area contributed by atoms with E-state index in [0.717, 1.165) is 11.1 Å². The second-order valence-electron chi connectivity index (χ2n) is 3.77. The Morgan fingerprint density at radius 1 is 1.17 bits per heavy atom. The number of hydrogen-bond donors (Lipinski definition) is 2. The lowest BCUT2D eigenvalue weighted by atomic mass is 10.0. The normalized spacial score (nSPS) is 10.7. The Hall–Kier alpha value is -2.63. The summed E-state index contributed by atoms with van der Waals surface area (Å²) in [4.78, 5) is 0. The molecule has 0 aliphatic heterocycles. The predicted octanol–water partition coefficient (Wildman–Crippen LogP) is 2.45. The third-order valence-corrected chi connectivity index (χ3v) is 2.61. The largest absolute Gasteiger partial charge is 0.380 e. The zero-order chi connectivity index (χ0) is 12.5. The molecule has 1 aromatic carbocycles. The van der Waals surface area contributed by atoms with E-state index in [2.05, 4.69) is 15.4 Å². The first-order valence-corrected chi connectivity index (χ1v) is 5.26. The second kappa shape index (κ2) is 3.99. The highest BCUT2D eigenvalue weighted by molar-refractivity contribution is 5.86. The molecule has 0 aliphatic carbocycles. The highest BCUT2D eigenvalue weighted by Crippen LogP contribution is 2.35. The van der Waals surface area contributed by atoms with Crippen molar-refractivity contribution in [1.82, 2.24) is 15.4 Å². The SMILES string of the molecule is Nc1noc(-c2cn[nH]c2)c1-c1ccc(F)cc1. The van der Waals surface area contributed by atoms with Crippen molar-refractivity contribution in [3.63, 3.8) is 0 Å². The van der Waals surface area contributed by atoms with Crippen LogP contribution in [0.25, 0.3) is 22.5 Å². The fourth-order valence-corrected chi connectivity index (χ4v) is 1.77. The fraction of sp³-hybridized carbons (Fsp3) is 0. The Kier molecular flexibility index (Phi) is 2.33. The third-order valence-electron chi connectivity index (χ3n) is 2.61. The molecule has 0 spiro atoms. The first kappa shape index (κ1) is 10.5. The highest BCUT2D eigenvalue weighted by atomic mass is 19.1. The molecule has 0 fully saturated rings. The van der Waals surface area contributed by atoms with Crippen LogP contribution in [0.15, 0.2) is 41.2 Å². The van der Waals surface area contributed by atoms with Gasteiger partial charge in [-0.05, 0) is 17.7 Å². The second-order valence-corrected chi connectivity index (χ2v) is 3.77. The number of hydrogen-bond acceptors (Lipinski definition) is 4. The van der Waals surface area contributed by atoms with Gasteiger partial charge in [0, 0.05) is 6.20 Å². The highest BCUT2D eigenvalue weighted by Gasteiger charge is 2.18. The summed E-state index contributed by atoms with van der Waals surface area (Å²) in [6.07, 6.45) is 3.28. The van der Waals surface area contributed by atoms with Crippen LogP contribution in [-0.2, 0) is 0 Å². The number of halogens is 1. The lowest BCUT2D eigenvalue weighted by Gasteiger charge is -2.00. The van der Waals surface area contributed by atoms with E-state index in [1.165, 1.54) is 12.1 Å². The van der Waals surface area contributed by atoms with Gasteiger partial charge in [0.2, 0.25) is 0 Å². The Morgan fingerprint density at radius 2 is 1.94 bits per heavy atom. The van der Waals surface area contributed by atoms with E-state index < -0.39 is 0 Å². The van der Waals surface area contributed by atoms with Crippen LogP contribution >= 0.6 is 0 Å². The van der Waals surface area contributed by atoms with E-state index in [9.17, 15) is 4.39 Å². The quantitative estimate of drug-likeness (QED) is 0.725. The van der Waals surface area contributed by atoms with Crippen molar-refractivity contribution in [1.29, 1.82) is 0 Å². The first-order valence-electron chi connectivity index (χ1n) is 5.26. The summed E-state index contributed by atoms with van der Waals surface area (Å²) >= 11 is 0. The Balaban J connectivity index is 2.17. The van der Waals surface area contributed by atoms with Gasteiger partial charge < -0.3 is 10.3 Å². The molecule has 5 nitrogen and oxygen atoms in total. The summed E-state index contributed by atoms with van der Waals surface area (Å²) in [5.74, 6) is 0.462. The average Bonchev–Trinajstić information content (AvgIpc) is 2.99. The summed E-state index contributed by atoms with van der Waals surface area (Å²) in [5.41, 5.74) is 7.90. The molecule has 18 heavy (non-hydrogen) atoms. The average molecular weight is 244 g/mol. The lowest BCUT2D eigenvalue weighted by Crippen LogP contribution is -1.88. The van der Waals surface area contributed by atoms with Crippen LogP contribution in [0.1, 0.15) is 0 Å². The van der Waals surface area contributed by atoms with Crippen LogP contribution in [0.2, 0.25) is 0 Å². The van der Waals surface area contributed by atoms with Gasteiger partial charge in [-0.2, -0.15) is 5.10 Å². The van der Waals surface area contributed by atoms with E-state index in [4.69, 9.17) is 10.3 Å². The number of anilines is 1. The Bertz CT molecular complexity index is 658. The van der Waals surface area contributed by atoms with Crippen LogP contribution in [0.4, 0.5) is 10.2 Å². The van der Waals surface area contributed by atoms with Gasteiger partial charge >= 0.3 is 0 Å². The molecule has 2 aromatic heterocycles. The van der Waals surface area contributed by atoms with Gasteiger partial charge in [0.1, 0.15) is 5.82 Å². The van der Waals surface area contributed by atoms with Crippen molar-refractivity contribution < 1.29 is 8.91 Å². The topological polar surface area (TPSA) is 80.7 Å². The van der Waals surface area contributed by atoms with Gasteiger partial charge in [-0.15, -0.1) is 0 Å². The minimum Gasteiger partial charge on any atom is -0.380 e. The summed E-state index contributed by atoms with van der Waals surface area (Å²) in [5, 5.41) is 10.3. The molecule has 90 valence electrons. The number of aromatic nitrogens is 3. The summed E-state index contributed by atoms with van der Waals surface area (Å²) in [6, 6.07) is 5.98. The molecule has 0 saturated heterocycles. The molecule has 0 unspecified atom stereocenters. The van der Waals surface area contributed by atoms with E-state index in [1.54, 1.807) is 24.5 Å². The molecule has 0 bridgehead atoms. The maximum atomic E-state index is 12.9. The van der Waals surface area contributed by atoms with Gasteiger partial charge in [-0.1, -0.05) is 17.3 Å². The van der Waals surface area contributed by atoms with Crippen molar-refractivity contribution in [3.8, 4) is 22.5 Å². The minimum absolute atomic E-state index is 0.262. The van der Waals surface area contributed by atoms with Crippen LogP contribution in [-0.4, -0.2) is 15.4 Å². The zero-order valence-corrected chi connectivity index (χ0v) is 9.22. The third kappa shape index (κ3) is 1.64. The lowest BCUT2D eigenvalue weighted by molar-refractivity contribution is 0.436. The molecule has 0 atom stereocenters. The molecule has 0 radical (unpaired) electrons. The molecule has 0 saturated carbocycles. The van der Waals surface area contributed by atoms with Crippen molar-refractivity contribution in [2.24, 2.45) is 0 Å². The number of aromatic amines is 1. The number of nitrogens with one attached hydrogen (secondary N) is 1. The molecular formula is C12H9FN4O. The number of benzene rings is 1. The van der Waals surface area contributed by atoms with Crippen LogP contribution < -0.4 is 5.73 Å². The standard InChI is InChI=1S/C12H9FN4O/c13-9-3-1-7(2-4-9)10-11(18-17-12(10)14)8-5-15-16-6-8/h1-6H,(H2,14,17)(H,15,16). The van der Waals surface area contributed by atoms with Gasteiger partial charge in [0.15, 0.2) is 11.6 Å². The summed E-state index contributed by atoms with van der Waals surface area (Å²) in [6.45, 7) is 0. The van der Waals surface area contributed by atoms with Crippen molar-refractivity contribution in [3.05, 3.63) is 42.5 Å². The fourth-order valence-electron chi connectivity index (χ4n) is 1.77. The molecule has 2 heterocycles. The summed E-state index contributed by atoms with van der Waals surface area (Å²) < 4.78 is 18.1. The number of nitrogens with zero attached hydrogens (tertiary/aromatic N) is 2. The molecule has 6 heteroatoms. The Morgan fingerprint density at radius 3 is 2.61 bits per heavy atom. The van der Waals surface area contributed by atoms with Crippen molar-refractivity contribution >= 4 is 5.82 Å². The zero-order valence-electron chi connectivity index (χ0n) is 9.22. The monoisotopic (exact) mass is 244 g/mol.